The SMILES string of the molecule is CC(C)c1ccc(OCC(=O)Nc2nnc(Cc3ccc(F)cc3)o2)cc1. The lowest BCUT2D eigenvalue weighted by atomic mass is 10.0. The number of aromatic nitrogens is 2. The zero-order valence-electron chi connectivity index (χ0n) is 15.1. The van der Waals surface area contributed by atoms with Gasteiger partial charge in [0.25, 0.3) is 5.91 Å². The van der Waals surface area contributed by atoms with Crippen molar-refractivity contribution in [3.8, 4) is 5.75 Å². The Balaban J connectivity index is 1.49. The molecule has 0 saturated heterocycles. The molecule has 2 aromatic carbocycles. The number of rotatable bonds is 7. The van der Waals surface area contributed by atoms with Gasteiger partial charge in [-0.15, -0.1) is 5.10 Å². The summed E-state index contributed by atoms with van der Waals surface area (Å²) in [4.78, 5) is 12.0. The molecule has 0 saturated carbocycles. The van der Waals surface area contributed by atoms with E-state index < -0.39 is 5.91 Å². The van der Waals surface area contributed by atoms with Crippen LogP contribution in [0.25, 0.3) is 0 Å². The molecule has 27 heavy (non-hydrogen) atoms. The molecule has 1 aromatic heterocycles. The molecule has 7 heteroatoms. The molecule has 0 atom stereocenters. The Morgan fingerprint density at radius 1 is 1.11 bits per heavy atom. The highest BCUT2D eigenvalue weighted by Crippen LogP contribution is 2.18. The van der Waals surface area contributed by atoms with Crippen LogP contribution in [0.3, 0.4) is 0 Å². The quantitative estimate of drug-likeness (QED) is 0.683. The number of benzene rings is 2. The number of nitrogens with zero attached hydrogens (tertiary/aromatic N) is 2. The van der Waals surface area contributed by atoms with Crippen molar-refractivity contribution < 1.29 is 18.3 Å². The number of hydrogen-bond acceptors (Lipinski definition) is 5. The number of carbonyl (C=O) groups excluding carboxylic acids is 1. The second-order valence-electron chi connectivity index (χ2n) is 6.36. The van der Waals surface area contributed by atoms with Gasteiger partial charge >= 0.3 is 6.01 Å². The minimum atomic E-state index is -0.403. The second-order valence-corrected chi connectivity index (χ2v) is 6.36. The molecule has 0 radical (unpaired) electrons. The topological polar surface area (TPSA) is 77.2 Å². The number of amides is 1. The first-order valence-corrected chi connectivity index (χ1v) is 8.59. The van der Waals surface area contributed by atoms with E-state index in [1.54, 1.807) is 12.1 Å². The summed E-state index contributed by atoms with van der Waals surface area (Å²) >= 11 is 0. The summed E-state index contributed by atoms with van der Waals surface area (Å²) in [5, 5.41) is 10.1. The number of carbonyl (C=O) groups is 1. The average Bonchev–Trinajstić information content (AvgIpc) is 3.09. The van der Waals surface area contributed by atoms with Crippen molar-refractivity contribution in [2.24, 2.45) is 0 Å². The fourth-order valence-corrected chi connectivity index (χ4v) is 2.41. The third-order valence-electron chi connectivity index (χ3n) is 3.90. The Kier molecular flexibility index (Phi) is 5.80. The van der Waals surface area contributed by atoms with Crippen molar-refractivity contribution in [3.05, 3.63) is 71.4 Å². The van der Waals surface area contributed by atoms with E-state index in [4.69, 9.17) is 9.15 Å². The van der Waals surface area contributed by atoms with E-state index in [-0.39, 0.29) is 18.4 Å². The van der Waals surface area contributed by atoms with Crippen LogP contribution in [0.1, 0.15) is 36.8 Å². The summed E-state index contributed by atoms with van der Waals surface area (Å²) in [5.74, 6) is 0.652. The van der Waals surface area contributed by atoms with Crippen LogP contribution in [-0.2, 0) is 11.2 Å². The fourth-order valence-electron chi connectivity index (χ4n) is 2.41. The van der Waals surface area contributed by atoms with Gasteiger partial charge in [-0.25, -0.2) is 4.39 Å². The van der Waals surface area contributed by atoms with E-state index in [9.17, 15) is 9.18 Å². The smallest absolute Gasteiger partial charge is 0.322 e. The van der Waals surface area contributed by atoms with Crippen molar-refractivity contribution in [2.45, 2.75) is 26.2 Å². The maximum Gasteiger partial charge on any atom is 0.322 e. The summed E-state index contributed by atoms with van der Waals surface area (Å²) in [6.45, 7) is 4.05. The highest BCUT2D eigenvalue weighted by Gasteiger charge is 2.11. The summed E-state index contributed by atoms with van der Waals surface area (Å²) in [5.41, 5.74) is 2.03. The molecule has 3 rings (SSSR count). The molecule has 1 heterocycles. The molecule has 0 unspecified atom stereocenters. The Morgan fingerprint density at radius 3 is 2.48 bits per heavy atom. The van der Waals surface area contributed by atoms with Crippen LogP contribution < -0.4 is 10.1 Å². The lowest BCUT2D eigenvalue weighted by molar-refractivity contribution is -0.118. The molecule has 0 aliphatic rings. The van der Waals surface area contributed by atoms with Gasteiger partial charge in [0.15, 0.2) is 6.61 Å². The Morgan fingerprint density at radius 2 is 1.81 bits per heavy atom. The summed E-state index contributed by atoms with van der Waals surface area (Å²) < 4.78 is 23.7. The van der Waals surface area contributed by atoms with Crippen LogP contribution in [0.4, 0.5) is 10.4 Å². The van der Waals surface area contributed by atoms with Gasteiger partial charge in [-0.05, 0) is 41.3 Å². The standard InChI is InChI=1S/C20H20FN3O3/c1-13(2)15-5-9-17(10-6-15)26-12-18(25)22-20-24-23-19(27-20)11-14-3-7-16(21)8-4-14/h3-10,13H,11-12H2,1-2H3,(H,22,24,25). The van der Waals surface area contributed by atoms with E-state index in [0.29, 0.717) is 24.0 Å². The molecule has 3 aromatic rings. The summed E-state index contributed by atoms with van der Waals surface area (Å²) in [7, 11) is 0. The molecule has 0 bridgehead atoms. The van der Waals surface area contributed by atoms with Crippen LogP contribution in [0.2, 0.25) is 0 Å². The number of ether oxygens (including phenoxy) is 1. The van der Waals surface area contributed by atoms with E-state index in [1.807, 2.05) is 24.3 Å². The molecular formula is C20H20FN3O3. The second kappa shape index (κ2) is 8.44. The molecule has 0 aliphatic carbocycles. The lowest BCUT2D eigenvalue weighted by Crippen LogP contribution is -2.20. The van der Waals surface area contributed by atoms with Crippen molar-refractivity contribution in [1.82, 2.24) is 10.2 Å². The molecule has 0 spiro atoms. The molecule has 1 N–H and O–H groups in total. The van der Waals surface area contributed by atoms with Gasteiger partial charge in [0.2, 0.25) is 5.89 Å². The van der Waals surface area contributed by atoms with Gasteiger partial charge in [0, 0.05) is 0 Å². The van der Waals surface area contributed by atoms with Gasteiger partial charge < -0.3 is 9.15 Å². The molecule has 140 valence electrons. The zero-order valence-corrected chi connectivity index (χ0v) is 15.1. The maximum atomic E-state index is 12.9. The number of nitrogens with one attached hydrogen (secondary N) is 1. The van der Waals surface area contributed by atoms with Crippen LogP contribution in [0.15, 0.2) is 52.9 Å². The molecule has 6 nitrogen and oxygen atoms in total. The fraction of sp³-hybridized carbons (Fsp3) is 0.250. The van der Waals surface area contributed by atoms with Crippen LogP contribution in [-0.4, -0.2) is 22.7 Å². The van der Waals surface area contributed by atoms with Crippen LogP contribution in [0.5, 0.6) is 5.75 Å². The third-order valence-corrected chi connectivity index (χ3v) is 3.90. The van der Waals surface area contributed by atoms with Crippen molar-refractivity contribution in [3.63, 3.8) is 0 Å². The molecule has 0 fully saturated rings. The van der Waals surface area contributed by atoms with E-state index in [2.05, 4.69) is 29.4 Å². The minimum absolute atomic E-state index is 0.00383. The highest BCUT2D eigenvalue weighted by atomic mass is 19.1. The number of halogens is 1. The Hall–Kier alpha value is -3.22. The number of anilines is 1. The third kappa shape index (κ3) is 5.37. The largest absolute Gasteiger partial charge is 0.484 e. The first-order chi connectivity index (χ1) is 13.0. The predicted molar refractivity (Wildman–Crippen MR) is 98.2 cm³/mol. The number of hydrogen-bond donors (Lipinski definition) is 1. The van der Waals surface area contributed by atoms with Crippen LogP contribution >= 0.6 is 0 Å². The summed E-state index contributed by atoms with van der Waals surface area (Å²) in [6.07, 6.45) is 0.349. The van der Waals surface area contributed by atoms with Gasteiger partial charge in [0.1, 0.15) is 11.6 Å². The Labute approximate surface area is 156 Å². The monoisotopic (exact) mass is 369 g/mol. The first kappa shape index (κ1) is 18.6. The van der Waals surface area contributed by atoms with E-state index in [0.717, 1.165) is 5.56 Å². The minimum Gasteiger partial charge on any atom is -0.484 e. The lowest BCUT2D eigenvalue weighted by Gasteiger charge is -2.08. The normalized spacial score (nSPS) is 10.8. The maximum absolute atomic E-state index is 12.9. The average molecular weight is 369 g/mol. The predicted octanol–water partition coefficient (Wildman–Crippen LogP) is 3.94. The molecule has 1 amide bonds. The van der Waals surface area contributed by atoms with Gasteiger partial charge in [-0.1, -0.05) is 43.2 Å². The van der Waals surface area contributed by atoms with Gasteiger partial charge in [-0.2, -0.15) is 0 Å². The molecular weight excluding hydrogens is 349 g/mol. The highest BCUT2D eigenvalue weighted by molar-refractivity contribution is 5.89. The first-order valence-electron chi connectivity index (χ1n) is 8.59. The summed E-state index contributed by atoms with van der Waals surface area (Å²) in [6, 6.07) is 13.6. The van der Waals surface area contributed by atoms with Crippen molar-refractivity contribution >= 4 is 11.9 Å². The van der Waals surface area contributed by atoms with E-state index >= 15 is 0 Å². The van der Waals surface area contributed by atoms with Gasteiger partial charge in [-0.3, -0.25) is 10.1 Å². The van der Waals surface area contributed by atoms with Crippen molar-refractivity contribution in [2.75, 3.05) is 11.9 Å². The zero-order chi connectivity index (χ0) is 19.2. The molecule has 0 aliphatic heterocycles. The Bertz CT molecular complexity index is 890. The van der Waals surface area contributed by atoms with Crippen molar-refractivity contribution in [1.29, 1.82) is 0 Å². The van der Waals surface area contributed by atoms with Gasteiger partial charge in [0.05, 0.1) is 6.42 Å². The van der Waals surface area contributed by atoms with E-state index in [1.165, 1.54) is 17.7 Å². The van der Waals surface area contributed by atoms with Crippen LogP contribution in [0, 0.1) is 5.82 Å².